The second-order valence-corrected chi connectivity index (χ2v) is 8.10. The molecule has 0 bridgehead atoms. The predicted octanol–water partition coefficient (Wildman–Crippen LogP) is 5.72. The molecule has 3 N–H and O–H groups in total. The van der Waals surface area contributed by atoms with Gasteiger partial charge in [-0.15, -0.1) is 0 Å². The lowest BCUT2D eigenvalue weighted by atomic mass is 9.93. The van der Waals surface area contributed by atoms with Crippen LogP contribution >= 0.6 is 0 Å². The summed E-state index contributed by atoms with van der Waals surface area (Å²) in [5, 5.41) is 5.72. The van der Waals surface area contributed by atoms with Gasteiger partial charge in [0.15, 0.2) is 0 Å². The lowest BCUT2D eigenvalue weighted by Gasteiger charge is -2.19. The van der Waals surface area contributed by atoms with Crippen molar-refractivity contribution in [3.63, 3.8) is 0 Å². The zero-order chi connectivity index (χ0) is 21.1. The highest BCUT2D eigenvalue weighted by atomic mass is 16.5. The van der Waals surface area contributed by atoms with Gasteiger partial charge in [-0.05, 0) is 65.8 Å². The van der Waals surface area contributed by atoms with Gasteiger partial charge in [-0.25, -0.2) is 4.98 Å². The van der Waals surface area contributed by atoms with Gasteiger partial charge in [-0.1, -0.05) is 48.5 Å². The number of methoxy groups -OCH3 is 1. The largest absolute Gasteiger partial charge is 0.497 e. The summed E-state index contributed by atoms with van der Waals surface area (Å²) in [5.74, 6) is 1.74. The fourth-order valence-electron chi connectivity index (χ4n) is 3.52. The summed E-state index contributed by atoms with van der Waals surface area (Å²) in [6.45, 7) is 4.74. The van der Waals surface area contributed by atoms with E-state index < -0.39 is 0 Å². The molecule has 4 aromatic rings. The molecule has 0 aliphatic carbocycles. The third-order valence-electron chi connectivity index (χ3n) is 5.35. The molecule has 1 aromatic heterocycles. The summed E-state index contributed by atoms with van der Waals surface area (Å²) in [5.41, 5.74) is 10.5. The van der Waals surface area contributed by atoms with Crippen molar-refractivity contribution in [2.75, 3.05) is 12.4 Å². The van der Waals surface area contributed by atoms with E-state index in [1.807, 2.05) is 32.2 Å². The van der Waals surface area contributed by atoms with Crippen LogP contribution in [0.4, 0.5) is 5.82 Å². The molecule has 0 amide bonds. The number of pyridine rings is 1. The number of nitrogens with zero attached hydrogens (tertiary/aromatic N) is 1. The fraction of sp³-hybridized carbons (Fsp3) is 0.192. The molecule has 0 saturated heterocycles. The lowest BCUT2D eigenvalue weighted by molar-refractivity contribution is 0.414. The molecule has 0 aliphatic heterocycles. The number of hydrogen-bond acceptors (Lipinski definition) is 4. The summed E-state index contributed by atoms with van der Waals surface area (Å²) >= 11 is 0. The van der Waals surface area contributed by atoms with Gasteiger partial charge >= 0.3 is 0 Å². The Balaban J connectivity index is 1.57. The number of nitrogens with two attached hydrogens (primary N) is 1. The third kappa shape index (κ3) is 4.29. The first-order chi connectivity index (χ1) is 14.4. The van der Waals surface area contributed by atoms with Gasteiger partial charge in [0.25, 0.3) is 0 Å². The minimum atomic E-state index is -0.335. The first-order valence-electron chi connectivity index (χ1n) is 10.1. The van der Waals surface area contributed by atoms with E-state index in [4.69, 9.17) is 10.5 Å². The molecule has 0 atom stereocenters. The average molecular weight is 398 g/mol. The Morgan fingerprint density at radius 3 is 2.27 bits per heavy atom. The Bertz CT molecular complexity index is 1140. The zero-order valence-corrected chi connectivity index (χ0v) is 17.6. The van der Waals surface area contributed by atoms with E-state index in [0.29, 0.717) is 6.54 Å². The maximum absolute atomic E-state index is 6.20. The minimum Gasteiger partial charge on any atom is -0.497 e. The minimum absolute atomic E-state index is 0.335. The summed E-state index contributed by atoms with van der Waals surface area (Å²) in [7, 11) is 1.68. The lowest BCUT2D eigenvalue weighted by Crippen LogP contribution is -2.28. The molecular weight excluding hydrogens is 370 g/mol. The van der Waals surface area contributed by atoms with E-state index in [1.165, 1.54) is 16.7 Å². The standard InChI is InChI=1S/C26H27N3O/c1-26(2,27)22-9-6-19(7-10-22)20-8-13-24-21(16-20)14-15-28-25(24)29-17-18-4-11-23(30-3)12-5-18/h4-16H,17,27H2,1-3H3,(H,28,29). The number of benzene rings is 3. The van der Waals surface area contributed by atoms with Gasteiger partial charge in [0, 0.05) is 23.7 Å². The Morgan fingerprint density at radius 1 is 0.900 bits per heavy atom. The van der Waals surface area contributed by atoms with Crippen LogP contribution in [-0.4, -0.2) is 12.1 Å². The number of ether oxygens (including phenoxy) is 1. The highest BCUT2D eigenvalue weighted by Crippen LogP contribution is 2.29. The van der Waals surface area contributed by atoms with E-state index >= 15 is 0 Å². The quantitative estimate of drug-likeness (QED) is 0.437. The monoisotopic (exact) mass is 397 g/mol. The van der Waals surface area contributed by atoms with Gasteiger partial charge < -0.3 is 15.8 Å². The molecule has 0 spiro atoms. The van der Waals surface area contributed by atoms with Crippen molar-refractivity contribution in [2.45, 2.75) is 25.9 Å². The van der Waals surface area contributed by atoms with Crippen molar-refractivity contribution in [2.24, 2.45) is 5.73 Å². The topological polar surface area (TPSA) is 60.2 Å². The number of rotatable bonds is 6. The predicted molar refractivity (Wildman–Crippen MR) is 125 cm³/mol. The maximum atomic E-state index is 6.20. The van der Waals surface area contributed by atoms with E-state index in [0.717, 1.165) is 27.9 Å². The molecule has 1 heterocycles. The molecule has 0 saturated carbocycles. The van der Waals surface area contributed by atoms with Gasteiger partial charge in [0.1, 0.15) is 11.6 Å². The average Bonchev–Trinajstić information content (AvgIpc) is 2.77. The summed E-state index contributed by atoms with van der Waals surface area (Å²) in [6, 6.07) is 25.1. The van der Waals surface area contributed by atoms with Crippen LogP contribution in [0.25, 0.3) is 21.9 Å². The molecule has 0 fully saturated rings. The zero-order valence-electron chi connectivity index (χ0n) is 17.6. The van der Waals surface area contributed by atoms with Crippen LogP contribution in [0.5, 0.6) is 5.75 Å². The fourth-order valence-corrected chi connectivity index (χ4v) is 3.52. The number of anilines is 1. The molecular formula is C26H27N3O. The first kappa shape index (κ1) is 19.9. The number of nitrogens with one attached hydrogen (secondary N) is 1. The maximum Gasteiger partial charge on any atom is 0.134 e. The number of fused-ring (bicyclic) bond motifs is 1. The third-order valence-corrected chi connectivity index (χ3v) is 5.35. The highest BCUT2D eigenvalue weighted by molar-refractivity contribution is 5.94. The van der Waals surface area contributed by atoms with Crippen LogP contribution in [0, 0.1) is 0 Å². The Labute approximate surface area is 177 Å². The summed E-state index contributed by atoms with van der Waals surface area (Å²) in [4.78, 5) is 4.55. The molecule has 4 rings (SSSR count). The van der Waals surface area contributed by atoms with Crippen LogP contribution in [0.2, 0.25) is 0 Å². The van der Waals surface area contributed by atoms with Crippen molar-refractivity contribution in [1.29, 1.82) is 0 Å². The van der Waals surface area contributed by atoms with Crippen molar-refractivity contribution >= 4 is 16.6 Å². The van der Waals surface area contributed by atoms with Crippen LogP contribution in [0.15, 0.2) is 79.0 Å². The molecule has 30 heavy (non-hydrogen) atoms. The summed E-state index contributed by atoms with van der Waals surface area (Å²) < 4.78 is 5.22. The van der Waals surface area contributed by atoms with E-state index in [2.05, 4.69) is 71.0 Å². The van der Waals surface area contributed by atoms with Gasteiger partial charge in [-0.2, -0.15) is 0 Å². The van der Waals surface area contributed by atoms with E-state index in [1.54, 1.807) is 7.11 Å². The smallest absolute Gasteiger partial charge is 0.134 e. The summed E-state index contributed by atoms with van der Waals surface area (Å²) in [6.07, 6.45) is 1.85. The Hall–Kier alpha value is -3.37. The van der Waals surface area contributed by atoms with Crippen LogP contribution in [-0.2, 0) is 12.1 Å². The molecule has 4 heteroatoms. The second-order valence-electron chi connectivity index (χ2n) is 8.10. The number of hydrogen-bond donors (Lipinski definition) is 2. The molecule has 0 radical (unpaired) electrons. The van der Waals surface area contributed by atoms with Crippen LogP contribution in [0.1, 0.15) is 25.0 Å². The van der Waals surface area contributed by atoms with E-state index in [-0.39, 0.29) is 5.54 Å². The Morgan fingerprint density at radius 2 is 1.60 bits per heavy atom. The van der Waals surface area contributed by atoms with Crippen LogP contribution < -0.4 is 15.8 Å². The van der Waals surface area contributed by atoms with Crippen molar-refractivity contribution in [3.05, 3.63) is 90.1 Å². The molecule has 152 valence electrons. The molecule has 0 unspecified atom stereocenters. The first-order valence-corrected chi connectivity index (χ1v) is 10.1. The number of aromatic nitrogens is 1. The molecule has 0 aliphatic rings. The SMILES string of the molecule is COc1ccc(CNc2nccc3cc(-c4ccc(C(C)(C)N)cc4)ccc23)cc1. The van der Waals surface area contributed by atoms with Crippen molar-refractivity contribution in [3.8, 4) is 16.9 Å². The molecule has 4 nitrogen and oxygen atoms in total. The second kappa shape index (κ2) is 8.17. The highest BCUT2D eigenvalue weighted by Gasteiger charge is 2.13. The van der Waals surface area contributed by atoms with Gasteiger partial charge in [0.2, 0.25) is 0 Å². The van der Waals surface area contributed by atoms with Crippen LogP contribution in [0.3, 0.4) is 0 Å². The van der Waals surface area contributed by atoms with Crippen molar-refractivity contribution in [1.82, 2.24) is 4.98 Å². The van der Waals surface area contributed by atoms with E-state index in [9.17, 15) is 0 Å². The van der Waals surface area contributed by atoms with Crippen molar-refractivity contribution < 1.29 is 4.74 Å². The Kier molecular flexibility index (Phi) is 5.42. The van der Waals surface area contributed by atoms with Gasteiger partial charge in [0.05, 0.1) is 7.11 Å². The van der Waals surface area contributed by atoms with Gasteiger partial charge in [-0.3, -0.25) is 0 Å². The molecule has 3 aromatic carbocycles. The normalized spacial score (nSPS) is 11.5.